The van der Waals surface area contributed by atoms with Crippen LogP contribution in [0.15, 0.2) is 48.5 Å². The van der Waals surface area contributed by atoms with Crippen molar-refractivity contribution in [3.63, 3.8) is 0 Å². The molecule has 0 bridgehead atoms. The normalized spacial score (nSPS) is 10.8. The molecule has 0 fully saturated rings. The molecule has 0 aliphatic rings. The Morgan fingerprint density at radius 1 is 1.10 bits per heavy atom. The summed E-state index contributed by atoms with van der Waals surface area (Å²) >= 11 is 0. The third-order valence-corrected chi connectivity index (χ3v) is 4.65. The lowest BCUT2D eigenvalue weighted by atomic mass is 9.99. The third-order valence-electron chi connectivity index (χ3n) is 4.65. The summed E-state index contributed by atoms with van der Waals surface area (Å²) in [7, 11) is 0. The molecule has 1 heterocycles. The molecule has 3 rings (SSSR count). The van der Waals surface area contributed by atoms with Gasteiger partial charge in [0, 0.05) is 12.2 Å². The number of aryl methyl sites for hydroxylation is 2. The molecule has 150 valence electrons. The fourth-order valence-electron chi connectivity index (χ4n) is 3.29. The van der Waals surface area contributed by atoms with Gasteiger partial charge in [0.15, 0.2) is 0 Å². The summed E-state index contributed by atoms with van der Waals surface area (Å²) in [5, 5.41) is 9.40. The quantitative estimate of drug-likeness (QED) is 0.670. The zero-order valence-electron chi connectivity index (χ0n) is 16.1. The number of carbonyl (C=O) groups excluding carboxylic acids is 1. The van der Waals surface area contributed by atoms with Gasteiger partial charge in [-0.15, -0.1) is 0 Å². The summed E-state index contributed by atoms with van der Waals surface area (Å²) in [6, 6.07) is 11.1. The molecule has 29 heavy (non-hydrogen) atoms. The molecule has 5 nitrogen and oxygen atoms in total. The van der Waals surface area contributed by atoms with Crippen LogP contribution in [0.2, 0.25) is 0 Å². The maximum Gasteiger partial charge on any atom is 0.325 e. The standard InChI is InChI=1S/C22H21F2N3O2/c1-13-4-3-5-18(24)21(13)27(22(25)29)19-9-6-15(10-11-28)20(26-19)17-8-7-16(23)12-14(17)2/h3-9,12,28H,10-11H2,1-2H3,(H2,25,29). The molecule has 0 spiro atoms. The Morgan fingerprint density at radius 2 is 1.86 bits per heavy atom. The summed E-state index contributed by atoms with van der Waals surface area (Å²) in [4.78, 5) is 17.8. The Bertz CT molecular complexity index is 1050. The van der Waals surface area contributed by atoms with E-state index in [0.29, 0.717) is 34.4 Å². The van der Waals surface area contributed by atoms with Gasteiger partial charge in [0.2, 0.25) is 0 Å². The van der Waals surface area contributed by atoms with E-state index in [1.165, 1.54) is 18.2 Å². The summed E-state index contributed by atoms with van der Waals surface area (Å²) in [5.74, 6) is -0.859. The molecule has 2 amide bonds. The number of hydrogen-bond acceptors (Lipinski definition) is 3. The van der Waals surface area contributed by atoms with Crippen LogP contribution in [0.5, 0.6) is 0 Å². The molecule has 0 radical (unpaired) electrons. The van der Waals surface area contributed by atoms with Crippen molar-refractivity contribution in [2.24, 2.45) is 5.73 Å². The Morgan fingerprint density at radius 3 is 2.48 bits per heavy atom. The average Bonchev–Trinajstić information content (AvgIpc) is 2.65. The van der Waals surface area contributed by atoms with Gasteiger partial charge in [-0.2, -0.15) is 0 Å². The van der Waals surface area contributed by atoms with E-state index in [1.54, 1.807) is 44.2 Å². The van der Waals surface area contributed by atoms with Gasteiger partial charge in [0.05, 0.1) is 11.4 Å². The zero-order valence-corrected chi connectivity index (χ0v) is 16.1. The van der Waals surface area contributed by atoms with Gasteiger partial charge in [0.25, 0.3) is 0 Å². The van der Waals surface area contributed by atoms with E-state index in [9.17, 15) is 18.7 Å². The van der Waals surface area contributed by atoms with Crippen LogP contribution in [0.1, 0.15) is 16.7 Å². The van der Waals surface area contributed by atoms with Crippen molar-refractivity contribution in [3.05, 3.63) is 76.9 Å². The second-order valence-electron chi connectivity index (χ2n) is 6.69. The average molecular weight is 397 g/mol. The highest BCUT2D eigenvalue weighted by Gasteiger charge is 2.23. The van der Waals surface area contributed by atoms with E-state index in [4.69, 9.17) is 5.73 Å². The monoisotopic (exact) mass is 397 g/mol. The Labute approximate surface area is 167 Å². The van der Waals surface area contributed by atoms with Crippen molar-refractivity contribution in [1.82, 2.24) is 4.98 Å². The van der Waals surface area contributed by atoms with E-state index >= 15 is 0 Å². The minimum Gasteiger partial charge on any atom is -0.396 e. The van der Waals surface area contributed by atoms with Crippen LogP contribution < -0.4 is 10.6 Å². The topological polar surface area (TPSA) is 79.5 Å². The molecule has 0 saturated heterocycles. The van der Waals surface area contributed by atoms with E-state index in [2.05, 4.69) is 4.98 Å². The number of aromatic nitrogens is 1. The maximum absolute atomic E-state index is 14.5. The number of halogens is 2. The van der Waals surface area contributed by atoms with Crippen molar-refractivity contribution in [2.45, 2.75) is 20.3 Å². The molecule has 2 aromatic carbocycles. The number of benzene rings is 2. The van der Waals surface area contributed by atoms with Crippen molar-refractivity contribution in [2.75, 3.05) is 11.5 Å². The van der Waals surface area contributed by atoms with Crippen molar-refractivity contribution >= 4 is 17.5 Å². The second-order valence-corrected chi connectivity index (χ2v) is 6.69. The number of rotatable bonds is 5. The van der Waals surface area contributed by atoms with Crippen LogP contribution in [0.25, 0.3) is 11.3 Å². The van der Waals surface area contributed by atoms with E-state index < -0.39 is 11.8 Å². The Balaban J connectivity index is 2.23. The molecule has 1 aromatic heterocycles. The first-order valence-electron chi connectivity index (χ1n) is 9.05. The largest absolute Gasteiger partial charge is 0.396 e. The molecule has 3 N–H and O–H groups in total. The molecule has 0 aliphatic carbocycles. The van der Waals surface area contributed by atoms with Crippen LogP contribution in [0, 0.1) is 25.5 Å². The lowest BCUT2D eigenvalue weighted by Crippen LogP contribution is -2.33. The predicted molar refractivity (Wildman–Crippen MR) is 108 cm³/mol. The first-order chi connectivity index (χ1) is 13.8. The number of aliphatic hydroxyl groups is 1. The summed E-state index contributed by atoms with van der Waals surface area (Å²) in [6.45, 7) is 3.29. The number of nitrogens with zero attached hydrogens (tertiary/aromatic N) is 2. The van der Waals surface area contributed by atoms with Crippen LogP contribution >= 0.6 is 0 Å². The van der Waals surface area contributed by atoms with E-state index in [1.807, 2.05) is 0 Å². The van der Waals surface area contributed by atoms with Crippen molar-refractivity contribution < 1.29 is 18.7 Å². The molecule has 7 heteroatoms. The van der Waals surface area contributed by atoms with Gasteiger partial charge in [-0.1, -0.05) is 18.2 Å². The SMILES string of the molecule is Cc1cc(F)ccc1-c1nc(N(C(N)=O)c2c(C)cccc2F)ccc1CCO. The van der Waals surface area contributed by atoms with Crippen molar-refractivity contribution in [3.8, 4) is 11.3 Å². The summed E-state index contributed by atoms with van der Waals surface area (Å²) in [5.41, 5.74) is 8.56. The molecule has 0 saturated carbocycles. The van der Waals surface area contributed by atoms with E-state index in [0.717, 1.165) is 4.90 Å². The molecule has 0 atom stereocenters. The minimum atomic E-state index is -0.887. The number of urea groups is 1. The van der Waals surface area contributed by atoms with Gasteiger partial charge < -0.3 is 10.8 Å². The number of nitrogens with two attached hydrogens (primary N) is 1. The minimum absolute atomic E-state index is 0.0178. The maximum atomic E-state index is 14.5. The number of hydrogen-bond donors (Lipinski definition) is 2. The number of amides is 2. The third kappa shape index (κ3) is 4.09. The summed E-state index contributed by atoms with van der Waals surface area (Å²) in [6.07, 6.45) is 0.314. The molecule has 3 aromatic rings. The summed E-state index contributed by atoms with van der Waals surface area (Å²) < 4.78 is 28.1. The van der Waals surface area contributed by atoms with Gasteiger partial charge >= 0.3 is 6.03 Å². The van der Waals surface area contributed by atoms with Crippen LogP contribution in [0.3, 0.4) is 0 Å². The highest BCUT2D eigenvalue weighted by Crippen LogP contribution is 2.33. The number of carbonyl (C=O) groups is 1. The number of anilines is 2. The van der Waals surface area contributed by atoms with Crippen LogP contribution in [-0.4, -0.2) is 22.7 Å². The van der Waals surface area contributed by atoms with Crippen molar-refractivity contribution in [1.29, 1.82) is 0 Å². The molecule has 0 aliphatic heterocycles. The second kappa shape index (κ2) is 8.36. The highest BCUT2D eigenvalue weighted by atomic mass is 19.1. The fourth-order valence-corrected chi connectivity index (χ4v) is 3.29. The fraction of sp³-hybridized carbons (Fsp3) is 0.182. The molecular weight excluding hydrogens is 376 g/mol. The van der Waals surface area contributed by atoms with Gasteiger partial charge in [-0.05, 0) is 67.3 Å². The first-order valence-corrected chi connectivity index (χ1v) is 9.05. The highest BCUT2D eigenvalue weighted by molar-refractivity contribution is 5.98. The van der Waals surface area contributed by atoms with Crippen LogP contribution in [-0.2, 0) is 6.42 Å². The van der Waals surface area contributed by atoms with Crippen LogP contribution in [0.4, 0.5) is 25.1 Å². The molecular formula is C22H21F2N3O2. The number of pyridine rings is 1. The number of para-hydroxylation sites is 1. The Kier molecular flexibility index (Phi) is 5.89. The van der Waals surface area contributed by atoms with E-state index in [-0.39, 0.29) is 23.9 Å². The predicted octanol–water partition coefficient (Wildman–Crippen LogP) is 4.40. The smallest absolute Gasteiger partial charge is 0.325 e. The van der Waals surface area contributed by atoms with Gasteiger partial charge in [-0.25, -0.2) is 23.5 Å². The first kappa shape index (κ1) is 20.4. The van der Waals surface area contributed by atoms with Gasteiger partial charge in [0.1, 0.15) is 17.5 Å². The number of primary amides is 1. The zero-order chi connectivity index (χ0) is 21.1. The lowest BCUT2D eigenvalue weighted by Gasteiger charge is -2.23. The van der Waals surface area contributed by atoms with Gasteiger partial charge in [-0.3, -0.25) is 0 Å². The Hall–Kier alpha value is -3.32. The number of aliphatic hydroxyl groups excluding tert-OH is 1. The molecule has 0 unspecified atom stereocenters. The lowest BCUT2D eigenvalue weighted by molar-refractivity contribution is 0.255.